The summed E-state index contributed by atoms with van der Waals surface area (Å²) >= 11 is 0. The first kappa shape index (κ1) is 7.24. The summed E-state index contributed by atoms with van der Waals surface area (Å²) < 4.78 is 14.3. The molecule has 0 atom stereocenters. The SMILES string of the molecule is OCc1cnc2cc(F)ccn12. The lowest BCUT2D eigenvalue weighted by atomic mass is 10.4. The third kappa shape index (κ3) is 0.967. The predicted molar refractivity (Wildman–Crippen MR) is 41.1 cm³/mol. The molecule has 0 fully saturated rings. The second-order valence-electron chi connectivity index (χ2n) is 2.48. The zero-order valence-corrected chi connectivity index (χ0v) is 6.24. The Morgan fingerprint density at radius 1 is 1.58 bits per heavy atom. The fourth-order valence-corrected chi connectivity index (χ4v) is 1.13. The van der Waals surface area contributed by atoms with Crippen LogP contribution < -0.4 is 0 Å². The van der Waals surface area contributed by atoms with E-state index in [4.69, 9.17) is 5.11 Å². The van der Waals surface area contributed by atoms with E-state index >= 15 is 0 Å². The van der Waals surface area contributed by atoms with Gasteiger partial charge in [-0.1, -0.05) is 0 Å². The molecule has 0 spiro atoms. The molecule has 0 aliphatic rings. The summed E-state index contributed by atoms with van der Waals surface area (Å²) in [6, 6.07) is 2.65. The van der Waals surface area contributed by atoms with Gasteiger partial charge in [-0.15, -0.1) is 0 Å². The summed E-state index contributed by atoms with van der Waals surface area (Å²) in [5.41, 5.74) is 1.17. The smallest absolute Gasteiger partial charge is 0.139 e. The monoisotopic (exact) mass is 166 g/mol. The number of imidazole rings is 1. The van der Waals surface area contributed by atoms with E-state index in [0.717, 1.165) is 0 Å². The molecule has 2 aromatic rings. The number of nitrogens with zero attached hydrogens (tertiary/aromatic N) is 2. The highest BCUT2D eigenvalue weighted by atomic mass is 19.1. The fraction of sp³-hybridized carbons (Fsp3) is 0.125. The summed E-state index contributed by atoms with van der Waals surface area (Å²) in [6.07, 6.45) is 3.07. The Morgan fingerprint density at radius 2 is 2.42 bits per heavy atom. The van der Waals surface area contributed by atoms with Gasteiger partial charge in [-0.3, -0.25) is 0 Å². The van der Waals surface area contributed by atoms with Gasteiger partial charge < -0.3 is 9.51 Å². The number of rotatable bonds is 1. The normalized spacial score (nSPS) is 10.8. The Bertz CT molecular complexity index is 410. The molecule has 0 aliphatic heterocycles. The van der Waals surface area contributed by atoms with E-state index in [2.05, 4.69) is 4.98 Å². The minimum Gasteiger partial charge on any atom is -0.390 e. The van der Waals surface area contributed by atoms with Crippen LogP contribution in [-0.4, -0.2) is 14.5 Å². The van der Waals surface area contributed by atoms with E-state index in [1.165, 1.54) is 18.3 Å². The van der Waals surface area contributed by atoms with Crippen LogP contribution in [0.25, 0.3) is 5.65 Å². The van der Waals surface area contributed by atoms with Crippen molar-refractivity contribution in [2.75, 3.05) is 0 Å². The zero-order chi connectivity index (χ0) is 8.55. The number of hydrogen-bond acceptors (Lipinski definition) is 2. The van der Waals surface area contributed by atoms with E-state index in [0.29, 0.717) is 11.3 Å². The highest BCUT2D eigenvalue weighted by molar-refractivity contribution is 5.40. The van der Waals surface area contributed by atoms with Gasteiger partial charge in [-0.05, 0) is 6.07 Å². The number of aromatic nitrogens is 2. The topological polar surface area (TPSA) is 37.5 Å². The molecule has 12 heavy (non-hydrogen) atoms. The van der Waals surface area contributed by atoms with Crippen molar-refractivity contribution in [3.8, 4) is 0 Å². The standard InChI is InChI=1S/C8H7FN2O/c9-6-1-2-11-7(5-12)4-10-8(11)3-6/h1-4,12H,5H2. The first-order chi connectivity index (χ1) is 5.81. The van der Waals surface area contributed by atoms with Gasteiger partial charge in [0.05, 0.1) is 18.5 Å². The molecule has 1 N–H and O–H groups in total. The predicted octanol–water partition coefficient (Wildman–Crippen LogP) is 0.966. The number of pyridine rings is 1. The second-order valence-corrected chi connectivity index (χ2v) is 2.48. The van der Waals surface area contributed by atoms with Crippen LogP contribution in [0.2, 0.25) is 0 Å². The molecule has 62 valence electrons. The summed E-state index contributed by atoms with van der Waals surface area (Å²) in [7, 11) is 0. The molecule has 0 bridgehead atoms. The second kappa shape index (κ2) is 2.57. The summed E-state index contributed by atoms with van der Waals surface area (Å²) in [4.78, 5) is 3.91. The molecule has 2 aromatic heterocycles. The first-order valence-corrected chi connectivity index (χ1v) is 3.53. The molecule has 0 aliphatic carbocycles. The van der Waals surface area contributed by atoms with Gasteiger partial charge in [0.1, 0.15) is 11.5 Å². The van der Waals surface area contributed by atoms with Gasteiger partial charge in [-0.25, -0.2) is 9.37 Å². The Balaban J connectivity index is 2.73. The highest BCUT2D eigenvalue weighted by Gasteiger charge is 2.01. The van der Waals surface area contributed by atoms with Crippen molar-refractivity contribution in [3.63, 3.8) is 0 Å². The third-order valence-corrected chi connectivity index (χ3v) is 1.71. The molecule has 0 unspecified atom stereocenters. The van der Waals surface area contributed by atoms with Crippen molar-refractivity contribution in [2.45, 2.75) is 6.61 Å². The average Bonchev–Trinajstić information content (AvgIpc) is 2.46. The fourth-order valence-electron chi connectivity index (χ4n) is 1.13. The van der Waals surface area contributed by atoms with Crippen LogP contribution in [0.15, 0.2) is 24.5 Å². The molecule has 0 radical (unpaired) electrons. The Kier molecular flexibility index (Phi) is 1.55. The maximum absolute atomic E-state index is 12.6. The Hall–Kier alpha value is -1.42. The van der Waals surface area contributed by atoms with Gasteiger partial charge in [0, 0.05) is 12.3 Å². The lowest BCUT2D eigenvalue weighted by Crippen LogP contribution is -1.91. The number of hydrogen-bond donors (Lipinski definition) is 1. The maximum atomic E-state index is 12.6. The van der Waals surface area contributed by atoms with Crippen LogP contribution >= 0.6 is 0 Å². The van der Waals surface area contributed by atoms with Crippen molar-refractivity contribution in [2.24, 2.45) is 0 Å². The average molecular weight is 166 g/mol. The van der Waals surface area contributed by atoms with Crippen LogP contribution in [0.4, 0.5) is 4.39 Å². The van der Waals surface area contributed by atoms with Crippen molar-refractivity contribution in [1.29, 1.82) is 0 Å². The van der Waals surface area contributed by atoms with Gasteiger partial charge in [0.25, 0.3) is 0 Å². The van der Waals surface area contributed by atoms with E-state index in [-0.39, 0.29) is 12.4 Å². The van der Waals surface area contributed by atoms with E-state index in [9.17, 15) is 4.39 Å². The zero-order valence-electron chi connectivity index (χ0n) is 6.24. The molecular weight excluding hydrogens is 159 g/mol. The van der Waals surface area contributed by atoms with Crippen LogP contribution in [0.3, 0.4) is 0 Å². The number of fused-ring (bicyclic) bond motifs is 1. The molecule has 0 amide bonds. The van der Waals surface area contributed by atoms with E-state index in [1.54, 1.807) is 10.6 Å². The molecule has 0 saturated carbocycles. The van der Waals surface area contributed by atoms with Crippen LogP contribution in [0.1, 0.15) is 5.69 Å². The molecule has 3 nitrogen and oxygen atoms in total. The third-order valence-electron chi connectivity index (χ3n) is 1.71. The van der Waals surface area contributed by atoms with Crippen molar-refractivity contribution in [3.05, 3.63) is 36.0 Å². The summed E-state index contributed by atoms with van der Waals surface area (Å²) in [5.74, 6) is -0.322. The quantitative estimate of drug-likeness (QED) is 0.685. The minimum absolute atomic E-state index is 0.0905. The lowest BCUT2D eigenvalue weighted by Gasteiger charge is -1.96. The van der Waals surface area contributed by atoms with Crippen LogP contribution in [0, 0.1) is 5.82 Å². The Labute approximate surface area is 68.1 Å². The maximum Gasteiger partial charge on any atom is 0.139 e. The lowest BCUT2D eigenvalue weighted by molar-refractivity contribution is 0.276. The first-order valence-electron chi connectivity index (χ1n) is 3.53. The van der Waals surface area contributed by atoms with Gasteiger partial charge in [0.2, 0.25) is 0 Å². The van der Waals surface area contributed by atoms with Gasteiger partial charge in [0.15, 0.2) is 0 Å². The van der Waals surface area contributed by atoms with Gasteiger partial charge in [-0.2, -0.15) is 0 Å². The number of halogens is 1. The van der Waals surface area contributed by atoms with Crippen molar-refractivity contribution < 1.29 is 9.50 Å². The van der Waals surface area contributed by atoms with Crippen molar-refractivity contribution >= 4 is 5.65 Å². The molecule has 2 heterocycles. The largest absolute Gasteiger partial charge is 0.390 e. The summed E-state index contributed by atoms with van der Waals surface area (Å²) in [6.45, 7) is -0.0905. The van der Waals surface area contributed by atoms with E-state index < -0.39 is 0 Å². The Morgan fingerprint density at radius 3 is 3.17 bits per heavy atom. The molecular formula is C8H7FN2O. The van der Waals surface area contributed by atoms with Gasteiger partial charge >= 0.3 is 0 Å². The molecule has 2 rings (SSSR count). The molecule has 0 saturated heterocycles. The molecule has 4 heteroatoms. The molecule has 0 aromatic carbocycles. The number of aliphatic hydroxyl groups excluding tert-OH is 1. The van der Waals surface area contributed by atoms with Crippen molar-refractivity contribution in [1.82, 2.24) is 9.38 Å². The minimum atomic E-state index is -0.322. The highest BCUT2D eigenvalue weighted by Crippen LogP contribution is 2.07. The number of aliphatic hydroxyl groups is 1. The van der Waals surface area contributed by atoms with E-state index in [1.807, 2.05) is 0 Å². The van der Waals surface area contributed by atoms with Crippen LogP contribution in [0.5, 0.6) is 0 Å². The summed E-state index contributed by atoms with van der Waals surface area (Å²) in [5, 5.41) is 8.84. The van der Waals surface area contributed by atoms with Crippen LogP contribution in [-0.2, 0) is 6.61 Å².